The highest BCUT2D eigenvalue weighted by Crippen LogP contribution is 2.44. The van der Waals surface area contributed by atoms with E-state index in [0.29, 0.717) is 32.2 Å². The zero-order chi connectivity index (χ0) is 23.7. The number of benzene rings is 2. The predicted octanol–water partition coefficient (Wildman–Crippen LogP) is 4.16. The first kappa shape index (κ1) is 22.4. The topological polar surface area (TPSA) is 95.9 Å². The molecule has 3 aliphatic rings. The highest BCUT2D eigenvalue weighted by Gasteiger charge is 2.41. The van der Waals surface area contributed by atoms with Gasteiger partial charge in [0.15, 0.2) is 0 Å². The van der Waals surface area contributed by atoms with Gasteiger partial charge >= 0.3 is 12.1 Å². The molecule has 178 valence electrons. The Kier molecular flexibility index (Phi) is 6.26. The first-order valence-electron chi connectivity index (χ1n) is 12.2. The lowest BCUT2D eigenvalue weighted by Gasteiger charge is -2.34. The van der Waals surface area contributed by atoms with Crippen LogP contribution in [0.5, 0.6) is 0 Å². The Morgan fingerprint density at radius 3 is 2.24 bits per heavy atom. The third kappa shape index (κ3) is 4.15. The van der Waals surface area contributed by atoms with Crippen LogP contribution < -0.4 is 5.32 Å². The number of likely N-dealkylation sites (tertiary alicyclic amines) is 1. The van der Waals surface area contributed by atoms with Crippen molar-refractivity contribution in [2.45, 2.75) is 56.5 Å². The van der Waals surface area contributed by atoms with Gasteiger partial charge in [-0.25, -0.2) is 9.59 Å². The molecule has 2 unspecified atom stereocenters. The lowest BCUT2D eigenvalue weighted by atomic mass is 9.83. The Labute approximate surface area is 199 Å². The fourth-order valence-electron chi connectivity index (χ4n) is 5.89. The van der Waals surface area contributed by atoms with E-state index in [1.807, 2.05) is 24.3 Å². The van der Waals surface area contributed by atoms with Crippen LogP contribution >= 0.6 is 0 Å². The number of carboxylic acids is 1. The maximum absolute atomic E-state index is 13.2. The van der Waals surface area contributed by atoms with Crippen molar-refractivity contribution in [2.24, 2.45) is 5.92 Å². The molecule has 3 atom stereocenters. The second-order valence-electron chi connectivity index (χ2n) is 9.50. The van der Waals surface area contributed by atoms with E-state index in [1.54, 1.807) is 0 Å². The van der Waals surface area contributed by atoms with Crippen LogP contribution in [0.2, 0.25) is 0 Å². The molecule has 2 amide bonds. The molecule has 0 radical (unpaired) electrons. The Bertz CT molecular complexity index is 1050. The smallest absolute Gasteiger partial charge is 0.407 e. The third-order valence-electron chi connectivity index (χ3n) is 7.55. The van der Waals surface area contributed by atoms with Crippen LogP contribution in [0.3, 0.4) is 0 Å². The van der Waals surface area contributed by atoms with Gasteiger partial charge in [0.2, 0.25) is 5.91 Å². The predicted molar refractivity (Wildman–Crippen MR) is 126 cm³/mol. The summed E-state index contributed by atoms with van der Waals surface area (Å²) in [5.74, 6) is -1.55. The zero-order valence-electron chi connectivity index (χ0n) is 19.1. The molecule has 0 aromatic heterocycles. The number of aliphatic carboxylic acids is 1. The number of fused-ring (bicyclic) bond motifs is 3. The minimum atomic E-state index is -0.956. The molecule has 5 rings (SSSR count). The van der Waals surface area contributed by atoms with Gasteiger partial charge in [0.25, 0.3) is 0 Å². The number of carboxylic acid groups (broad SMARTS) is 1. The lowest BCUT2D eigenvalue weighted by molar-refractivity contribution is -0.150. The molecule has 0 spiro atoms. The van der Waals surface area contributed by atoms with Crippen molar-refractivity contribution in [3.8, 4) is 11.1 Å². The summed E-state index contributed by atoms with van der Waals surface area (Å²) in [6.45, 7) is 0.683. The molecule has 2 aromatic rings. The maximum atomic E-state index is 13.2. The Morgan fingerprint density at radius 1 is 0.912 bits per heavy atom. The van der Waals surface area contributed by atoms with Gasteiger partial charge in [0.05, 0.1) is 5.92 Å². The van der Waals surface area contributed by atoms with Crippen molar-refractivity contribution in [1.29, 1.82) is 0 Å². The van der Waals surface area contributed by atoms with Crippen LogP contribution in [0.4, 0.5) is 4.79 Å². The fraction of sp³-hybridized carbons (Fsp3) is 0.444. The van der Waals surface area contributed by atoms with E-state index in [-0.39, 0.29) is 24.5 Å². The van der Waals surface area contributed by atoms with Crippen molar-refractivity contribution in [2.75, 3.05) is 13.2 Å². The summed E-state index contributed by atoms with van der Waals surface area (Å²) in [5.41, 5.74) is 4.64. The number of carbonyl (C=O) groups excluding carboxylic acids is 2. The molecule has 1 aliphatic heterocycles. The van der Waals surface area contributed by atoms with Gasteiger partial charge in [0.1, 0.15) is 12.6 Å². The number of nitrogens with zero attached hydrogens (tertiary/aromatic N) is 1. The molecule has 1 heterocycles. The number of hydrogen-bond acceptors (Lipinski definition) is 4. The largest absolute Gasteiger partial charge is 0.480 e. The summed E-state index contributed by atoms with van der Waals surface area (Å²) in [4.78, 5) is 39.1. The average molecular weight is 463 g/mol. The van der Waals surface area contributed by atoms with Crippen molar-refractivity contribution >= 4 is 18.0 Å². The molecule has 1 saturated heterocycles. The first-order chi connectivity index (χ1) is 16.5. The van der Waals surface area contributed by atoms with E-state index >= 15 is 0 Å². The summed E-state index contributed by atoms with van der Waals surface area (Å²) < 4.78 is 5.69. The molecule has 2 fully saturated rings. The van der Waals surface area contributed by atoms with Crippen molar-refractivity contribution in [3.05, 3.63) is 59.7 Å². The number of alkyl carbamates (subject to hydrolysis) is 1. The lowest BCUT2D eigenvalue weighted by Crippen LogP contribution is -2.51. The van der Waals surface area contributed by atoms with E-state index in [0.717, 1.165) is 24.0 Å². The summed E-state index contributed by atoms with van der Waals surface area (Å²) >= 11 is 0. The molecule has 2 aromatic carbocycles. The quantitative estimate of drug-likeness (QED) is 0.696. The average Bonchev–Trinajstić information content (AvgIpc) is 3.46. The molecular weight excluding hydrogens is 432 g/mol. The standard InChI is InChI=1S/C27H30N2O5/c30-25(29-15-7-14-24(29)26(31)32)21-12-5-6-13-23(21)28-27(33)34-16-22-19-10-3-1-8-17(19)18-9-2-4-11-20(18)22/h1-4,8-11,21-24H,5-7,12-16H2,(H,28,33)(H,31,32)/t21?,23?,24-/m1/s1. The summed E-state index contributed by atoms with van der Waals surface area (Å²) in [6, 6.07) is 15.3. The minimum Gasteiger partial charge on any atom is -0.480 e. The minimum absolute atomic E-state index is 0.0251. The normalized spacial score (nSPS) is 23.8. The third-order valence-corrected chi connectivity index (χ3v) is 7.55. The number of hydrogen-bond donors (Lipinski definition) is 2. The highest BCUT2D eigenvalue weighted by atomic mass is 16.5. The Morgan fingerprint density at radius 2 is 1.56 bits per heavy atom. The van der Waals surface area contributed by atoms with Crippen LogP contribution in [0.1, 0.15) is 55.6 Å². The van der Waals surface area contributed by atoms with Gasteiger partial charge in [0, 0.05) is 18.5 Å². The number of rotatable bonds is 5. The first-order valence-corrected chi connectivity index (χ1v) is 12.2. The van der Waals surface area contributed by atoms with Crippen LogP contribution in [0.15, 0.2) is 48.5 Å². The van der Waals surface area contributed by atoms with Crippen LogP contribution in [-0.4, -0.2) is 53.2 Å². The second-order valence-corrected chi connectivity index (χ2v) is 9.50. The zero-order valence-corrected chi connectivity index (χ0v) is 19.1. The van der Waals surface area contributed by atoms with Crippen LogP contribution in [0, 0.1) is 5.92 Å². The van der Waals surface area contributed by atoms with Gasteiger partial charge in [-0.1, -0.05) is 61.4 Å². The summed E-state index contributed by atoms with van der Waals surface area (Å²) in [7, 11) is 0. The fourth-order valence-corrected chi connectivity index (χ4v) is 5.89. The summed E-state index contributed by atoms with van der Waals surface area (Å²) in [6.07, 6.45) is 3.80. The molecule has 0 bridgehead atoms. The van der Waals surface area contributed by atoms with Gasteiger partial charge < -0.3 is 20.1 Å². The summed E-state index contributed by atoms with van der Waals surface area (Å²) in [5, 5.41) is 12.4. The van der Waals surface area contributed by atoms with Crippen molar-refractivity contribution < 1.29 is 24.2 Å². The van der Waals surface area contributed by atoms with E-state index in [4.69, 9.17) is 4.74 Å². The Balaban J connectivity index is 1.24. The van der Waals surface area contributed by atoms with Gasteiger partial charge in [-0.3, -0.25) is 4.79 Å². The number of ether oxygens (including phenoxy) is 1. The molecule has 2 aliphatic carbocycles. The molecule has 34 heavy (non-hydrogen) atoms. The molecular formula is C27H30N2O5. The number of amides is 2. The maximum Gasteiger partial charge on any atom is 0.407 e. The molecule has 1 saturated carbocycles. The number of carbonyl (C=O) groups is 3. The molecule has 7 nitrogen and oxygen atoms in total. The number of nitrogens with one attached hydrogen (secondary N) is 1. The van der Waals surface area contributed by atoms with Crippen LogP contribution in [-0.2, 0) is 14.3 Å². The van der Waals surface area contributed by atoms with E-state index in [2.05, 4.69) is 29.6 Å². The van der Waals surface area contributed by atoms with Crippen LogP contribution in [0.25, 0.3) is 11.1 Å². The SMILES string of the molecule is O=C(NC1CCCCC1C(=O)N1CCC[C@@H]1C(=O)O)OCC1c2ccccc2-c2ccccc21. The monoisotopic (exact) mass is 462 g/mol. The Hall–Kier alpha value is -3.35. The van der Waals surface area contributed by atoms with Gasteiger partial charge in [-0.15, -0.1) is 0 Å². The van der Waals surface area contributed by atoms with E-state index < -0.39 is 24.0 Å². The second kappa shape index (κ2) is 9.49. The molecule has 2 N–H and O–H groups in total. The van der Waals surface area contributed by atoms with Gasteiger partial charge in [-0.2, -0.15) is 0 Å². The van der Waals surface area contributed by atoms with E-state index in [1.165, 1.54) is 16.0 Å². The van der Waals surface area contributed by atoms with Gasteiger partial charge in [-0.05, 0) is 47.9 Å². The van der Waals surface area contributed by atoms with Crippen molar-refractivity contribution in [3.63, 3.8) is 0 Å². The highest BCUT2D eigenvalue weighted by molar-refractivity contribution is 5.86. The van der Waals surface area contributed by atoms with Crippen molar-refractivity contribution in [1.82, 2.24) is 10.2 Å². The van der Waals surface area contributed by atoms with E-state index in [9.17, 15) is 19.5 Å². The molecule has 7 heteroatoms.